The van der Waals surface area contributed by atoms with Crippen LogP contribution >= 0.6 is 11.8 Å². The van der Waals surface area contributed by atoms with Gasteiger partial charge in [-0.3, -0.25) is 10.2 Å². The standard InChI is InChI=1S/C15H12N4O3S/c1-2-12-18-19-13(16)9(14(20)17-15(19)23-12)5-8-3-4-10-11(6-8)22-7-21-10/h3-6,16H,2,7H2,1H3/b9-5-,16-13?. The van der Waals surface area contributed by atoms with Crippen molar-refractivity contribution in [1.82, 2.24) is 5.01 Å². The van der Waals surface area contributed by atoms with E-state index in [1.807, 2.05) is 6.92 Å². The van der Waals surface area contributed by atoms with Gasteiger partial charge in [0, 0.05) is 0 Å². The number of amides is 1. The highest BCUT2D eigenvalue weighted by molar-refractivity contribution is 8.26. The molecule has 3 heterocycles. The molecule has 0 aromatic heterocycles. The Balaban J connectivity index is 1.70. The lowest BCUT2D eigenvalue weighted by atomic mass is 10.1. The van der Waals surface area contributed by atoms with Gasteiger partial charge in [0.05, 0.1) is 5.57 Å². The van der Waals surface area contributed by atoms with E-state index in [-0.39, 0.29) is 18.2 Å². The number of fused-ring (bicyclic) bond motifs is 2. The van der Waals surface area contributed by atoms with E-state index < -0.39 is 5.91 Å². The molecule has 7 nitrogen and oxygen atoms in total. The van der Waals surface area contributed by atoms with Crippen molar-refractivity contribution in [3.8, 4) is 11.5 Å². The molecule has 0 saturated heterocycles. The summed E-state index contributed by atoms with van der Waals surface area (Å²) in [6.45, 7) is 2.16. The number of ether oxygens (including phenoxy) is 2. The first-order chi connectivity index (χ1) is 11.2. The molecule has 1 amide bonds. The van der Waals surface area contributed by atoms with Crippen LogP contribution in [0.4, 0.5) is 0 Å². The van der Waals surface area contributed by atoms with Crippen LogP contribution in [-0.2, 0) is 4.79 Å². The van der Waals surface area contributed by atoms with Crippen molar-refractivity contribution >= 4 is 39.8 Å². The summed E-state index contributed by atoms with van der Waals surface area (Å²) in [6, 6.07) is 5.35. The monoisotopic (exact) mass is 328 g/mol. The first-order valence-corrected chi connectivity index (χ1v) is 7.86. The number of nitrogens with zero attached hydrogens (tertiary/aromatic N) is 3. The number of nitrogens with one attached hydrogen (secondary N) is 1. The van der Waals surface area contributed by atoms with E-state index >= 15 is 0 Å². The molecular formula is C15H12N4O3S. The summed E-state index contributed by atoms with van der Waals surface area (Å²) >= 11 is 1.33. The summed E-state index contributed by atoms with van der Waals surface area (Å²) in [7, 11) is 0. The van der Waals surface area contributed by atoms with E-state index in [1.54, 1.807) is 24.3 Å². The maximum absolute atomic E-state index is 12.2. The lowest BCUT2D eigenvalue weighted by molar-refractivity contribution is -0.114. The van der Waals surface area contributed by atoms with Crippen LogP contribution in [0.15, 0.2) is 33.9 Å². The average molecular weight is 328 g/mol. The molecule has 0 fully saturated rings. The predicted molar refractivity (Wildman–Crippen MR) is 87.9 cm³/mol. The molecule has 116 valence electrons. The molecule has 0 bridgehead atoms. The quantitative estimate of drug-likeness (QED) is 0.843. The fourth-order valence-corrected chi connectivity index (χ4v) is 3.17. The van der Waals surface area contributed by atoms with Gasteiger partial charge in [0.2, 0.25) is 12.0 Å². The van der Waals surface area contributed by atoms with Crippen molar-refractivity contribution in [2.75, 3.05) is 6.79 Å². The van der Waals surface area contributed by atoms with Crippen LogP contribution in [0.2, 0.25) is 0 Å². The number of hydrogen-bond donors (Lipinski definition) is 1. The third-order valence-electron chi connectivity index (χ3n) is 3.51. The fourth-order valence-electron chi connectivity index (χ4n) is 2.34. The van der Waals surface area contributed by atoms with Crippen molar-refractivity contribution in [2.24, 2.45) is 10.1 Å². The zero-order valence-corrected chi connectivity index (χ0v) is 13.0. The largest absolute Gasteiger partial charge is 0.454 e. The van der Waals surface area contributed by atoms with Crippen LogP contribution in [0.1, 0.15) is 18.9 Å². The second kappa shape index (κ2) is 5.24. The number of benzene rings is 1. The highest BCUT2D eigenvalue weighted by Crippen LogP contribution is 2.34. The lowest BCUT2D eigenvalue weighted by Crippen LogP contribution is -2.35. The second-order valence-corrected chi connectivity index (χ2v) is 6.02. The highest BCUT2D eigenvalue weighted by Gasteiger charge is 2.35. The Labute approximate surface area is 136 Å². The summed E-state index contributed by atoms with van der Waals surface area (Å²) in [6.07, 6.45) is 2.36. The molecule has 0 saturated carbocycles. The van der Waals surface area contributed by atoms with Crippen molar-refractivity contribution in [3.63, 3.8) is 0 Å². The minimum absolute atomic E-state index is 0.0358. The fraction of sp³-hybridized carbons (Fsp3) is 0.200. The lowest BCUT2D eigenvalue weighted by Gasteiger charge is -2.20. The molecule has 23 heavy (non-hydrogen) atoms. The summed E-state index contributed by atoms with van der Waals surface area (Å²) in [4.78, 5) is 16.3. The Hall–Kier alpha value is -2.61. The van der Waals surface area contributed by atoms with Crippen LogP contribution < -0.4 is 9.47 Å². The second-order valence-electron chi connectivity index (χ2n) is 4.98. The van der Waals surface area contributed by atoms with E-state index in [2.05, 4.69) is 10.1 Å². The van der Waals surface area contributed by atoms with Gasteiger partial charge >= 0.3 is 0 Å². The van der Waals surface area contributed by atoms with Crippen molar-refractivity contribution in [1.29, 1.82) is 5.41 Å². The van der Waals surface area contributed by atoms with E-state index in [4.69, 9.17) is 14.9 Å². The molecule has 0 radical (unpaired) electrons. The number of rotatable bonds is 2. The first kappa shape index (κ1) is 14.0. The number of aliphatic imine (C=N–C) groups is 1. The summed E-state index contributed by atoms with van der Waals surface area (Å²) in [5.41, 5.74) is 0.946. The Morgan fingerprint density at radius 1 is 1.39 bits per heavy atom. The molecule has 4 rings (SSSR count). The molecule has 1 aromatic rings. The molecule has 1 aromatic carbocycles. The minimum atomic E-state index is -0.432. The molecule has 3 aliphatic rings. The Bertz CT molecular complexity index is 828. The van der Waals surface area contributed by atoms with Gasteiger partial charge in [0.15, 0.2) is 17.3 Å². The average Bonchev–Trinajstić information content (AvgIpc) is 3.17. The van der Waals surface area contributed by atoms with Gasteiger partial charge in [-0.1, -0.05) is 13.0 Å². The maximum atomic E-state index is 12.2. The van der Waals surface area contributed by atoms with Gasteiger partial charge in [-0.05, 0) is 42.0 Å². The molecule has 0 atom stereocenters. The third-order valence-corrected chi connectivity index (χ3v) is 4.56. The van der Waals surface area contributed by atoms with Gasteiger partial charge in [-0.2, -0.15) is 15.1 Å². The smallest absolute Gasteiger partial charge is 0.283 e. The van der Waals surface area contributed by atoms with E-state index in [0.717, 1.165) is 17.0 Å². The van der Waals surface area contributed by atoms with Crippen molar-refractivity contribution < 1.29 is 14.3 Å². The zero-order chi connectivity index (χ0) is 16.0. The van der Waals surface area contributed by atoms with Gasteiger partial charge in [-0.15, -0.1) is 0 Å². The first-order valence-electron chi connectivity index (χ1n) is 7.04. The number of hydrazone groups is 1. The summed E-state index contributed by atoms with van der Waals surface area (Å²) in [5.74, 6) is 0.902. The Morgan fingerprint density at radius 2 is 2.22 bits per heavy atom. The zero-order valence-electron chi connectivity index (χ0n) is 12.2. The van der Waals surface area contributed by atoms with E-state index in [1.165, 1.54) is 16.8 Å². The van der Waals surface area contributed by atoms with Crippen molar-refractivity contribution in [3.05, 3.63) is 29.3 Å². The third kappa shape index (κ3) is 2.31. The van der Waals surface area contributed by atoms with Gasteiger partial charge in [0.1, 0.15) is 5.04 Å². The molecule has 1 N–H and O–H groups in total. The molecule has 0 aliphatic carbocycles. The summed E-state index contributed by atoms with van der Waals surface area (Å²) in [5, 5.41) is 15.3. The Kier molecular flexibility index (Phi) is 3.19. The number of amidine groups is 2. The van der Waals surface area contributed by atoms with Crippen molar-refractivity contribution in [2.45, 2.75) is 13.3 Å². The van der Waals surface area contributed by atoms with Crippen LogP contribution in [-0.4, -0.2) is 33.8 Å². The van der Waals surface area contributed by atoms with Crippen LogP contribution in [0.25, 0.3) is 6.08 Å². The Morgan fingerprint density at radius 3 is 3.04 bits per heavy atom. The van der Waals surface area contributed by atoms with Gasteiger partial charge in [0.25, 0.3) is 5.91 Å². The molecule has 3 aliphatic heterocycles. The summed E-state index contributed by atoms with van der Waals surface area (Å²) < 4.78 is 10.6. The predicted octanol–water partition coefficient (Wildman–Crippen LogP) is 2.44. The normalized spacial score (nSPS) is 20.7. The minimum Gasteiger partial charge on any atom is -0.454 e. The van der Waals surface area contributed by atoms with E-state index in [0.29, 0.717) is 16.7 Å². The number of hydrogen-bond acceptors (Lipinski definition) is 6. The molecular weight excluding hydrogens is 316 g/mol. The van der Waals surface area contributed by atoms with Crippen LogP contribution in [0.5, 0.6) is 11.5 Å². The molecule has 8 heteroatoms. The van der Waals surface area contributed by atoms with Gasteiger partial charge in [-0.25, -0.2) is 0 Å². The topological polar surface area (TPSA) is 87.3 Å². The SMILES string of the molecule is CCC1=NN2C(=N)/C(=C/c3ccc4c(c3)OCO4)C(=O)N=C2S1. The van der Waals surface area contributed by atoms with E-state index in [9.17, 15) is 4.79 Å². The number of thioether (sulfide) groups is 1. The van der Waals surface area contributed by atoms with Crippen LogP contribution in [0, 0.1) is 5.41 Å². The van der Waals surface area contributed by atoms with Gasteiger partial charge < -0.3 is 9.47 Å². The number of carbonyl (C=O) groups excluding carboxylic acids is 1. The highest BCUT2D eigenvalue weighted by atomic mass is 32.2. The molecule has 0 spiro atoms. The number of carbonyl (C=O) groups is 1. The maximum Gasteiger partial charge on any atom is 0.283 e. The van der Waals surface area contributed by atoms with Crippen LogP contribution in [0.3, 0.4) is 0 Å². The molecule has 0 unspecified atom stereocenters.